The Morgan fingerprint density at radius 3 is 2.61 bits per heavy atom. The fourth-order valence-electron chi connectivity index (χ4n) is 1.56. The number of carbonyl (C=O) groups excluding carboxylic acids is 1. The molecule has 92 valence electrons. The number of rotatable bonds is 2. The molecule has 3 nitrogen and oxygen atoms in total. The van der Waals surface area contributed by atoms with Gasteiger partial charge in [-0.1, -0.05) is 28.1 Å². The van der Waals surface area contributed by atoms with Crippen LogP contribution in [0.25, 0.3) is 0 Å². The molecule has 0 atom stereocenters. The summed E-state index contributed by atoms with van der Waals surface area (Å²) in [6, 6.07) is 12.0. The molecule has 0 saturated carbocycles. The largest absolute Gasteiger partial charge is 0.506 e. The lowest BCUT2D eigenvalue weighted by Crippen LogP contribution is -2.12. The second-order valence-electron chi connectivity index (χ2n) is 3.94. The molecule has 2 aromatic rings. The summed E-state index contributed by atoms with van der Waals surface area (Å²) in [6.45, 7) is 1.92. The van der Waals surface area contributed by atoms with Crippen molar-refractivity contribution in [3.05, 3.63) is 58.1 Å². The number of hydrogen-bond acceptors (Lipinski definition) is 2. The van der Waals surface area contributed by atoms with E-state index in [2.05, 4.69) is 21.2 Å². The van der Waals surface area contributed by atoms with E-state index in [0.29, 0.717) is 11.3 Å². The van der Waals surface area contributed by atoms with Crippen molar-refractivity contribution in [1.82, 2.24) is 0 Å². The van der Waals surface area contributed by atoms with Gasteiger partial charge >= 0.3 is 0 Å². The molecule has 2 N–H and O–H groups in total. The van der Waals surface area contributed by atoms with Gasteiger partial charge in [-0.25, -0.2) is 0 Å². The quantitative estimate of drug-likeness (QED) is 0.831. The Labute approximate surface area is 114 Å². The van der Waals surface area contributed by atoms with E-state index in [9.17, 15) is 9.90 Å². The van der Waals surface area contributed by atoms with Gasteiger partial charge in [0.05, 0.1) is 5.69 Å². The number of amides is 1. The van der Waals surface area contributed by atoms with Crippen LogP contribution in [-0.4, -0.2) is 11.0 Å². The Morgan fingerprint density at radius 1 is 1.22 bits per heavy atom. The summed E-state index contributed by atoms with van der Waals surface area (Å²) < 4.78 is 0.960. The number of anilines is 1. The second kappa shape index (κ2) is 5.23. The number of aromatic hydroxyl groups is 1. The number of phenolic OH excluding ortho intramolecular Hbond substituents is 1. The summed E-state index contributed by atoms with van der Waals surface area (Å²) in [5.41, 5.74) is 1.95. The van der Waals surface area contributed by atoms with Crippen molar-refractivity contribution in [3.63, 3.8) is 0 Å². The molecule has 1 amide bonds. The molecule has 4 heteroatoms. The highest BCUT2D eigenvalue weighted by Gasteiger charge is 2.09. The minimum Gasteiger partial charge on any atom is -0.506 e. The van der Waals surface area contributed by atoms with Crippen LogP contribution in [0.1, 0.15) is 15.9 Å². The Kier molecular flexibility index (Phi) is 3.67. The number of carbonyl (C=O) groups is 1. The summed E-state index contributed by atoms with van der Waals surface area (Å²) in [4.78, 5) is 12.0. The van der Waals surface area contributed by atoms with Crippen molar-refractivity contribution >= 4 is 27.5 Å². The van der Waals surface area contributed by atoms with Crippen molar-refractivity contribution < 1.29 is 9.90 Å². The van der Waals surface area contributed by atoms with Gasteiger partial charge in [-0.15, -0.1) is 0 Å². The van der Waals surface area contributed by atoms with Gasteiger partial charge in [0.2, 0.25) is 0 Å². The topological polar surface area (TPSA) is 49.3 Å². The van der Waals surface area contributed by atoms with Crippen LogP contribution >= 0.6 is 15.9 Å². The number of halogens is 1. The van der Waals surface area contributed by atoms with Gasteiger partial charge in [0.25, 0.3) is 5.91 Å². The molecule has 0 bridgehead atoms. The monoisotopic (exact) mass is 305 g/mol. The van der Waals surface area contributed by atoms with Crippen molar-refractivity contribution in [2.24, 2.45) is 0 Å². The van der Waals surface area contributed by atoms with Crippen LogP contribution in [0.15, 0.2) is 46.9 Å². The van der Waals surface area contributed by atoms with Gasteiger partial charge in [0.15, 0.2) is 0 Å². The summed E-state index contributed by atoms with van der Waals surface area (Å²) in [5.74, 6) is -0.188. The van der Waals surface area contributed by atoms with Crippen LogP contribution in [0.5, 0.6) is 5.75 Å². The van der Waals surface area contributed by atoms with E-state index < -0.39 is 0 Å². The Morgan fingerprint density at radius 2 is 1.94 bits per heavy atom. The highest BCUT2D eigenvalue weighted by Crippen LogP contribution is 2.23. The van der Waals surface area contributed by atoms with Gasteiger partial charge in [0.1, 0.15) is 5.75 Å². The predicted octanol–water partition coefficient (Wildman–Crippen LogP) is 3.72. The fourth-order valence-corrected chi connectivity index (χ4v) is 1.81. The molecular formula is C14H12BrNO2. The van der Waals surface area contributed by atoms with Gasteiger partial charge < -0.3 is 10.4 Å². The van der Waals surface area contributed by atoms with Crippen LogP contribution in [0, 0.1) is 6.92 Å². The second-order valence-corrected chi connectivity index (χ2v) is 4.79. The van der Waals surface area contributed by atoms with E-state index >= 15 is 0 Å². The molecule has 0 heterocycles. The van der Waals surface area contributed by atoms with Crippen molar-refractivity contribution in [2.75, 3.05) is 5.32 Å². The van der Waals surface area contributed by atoms with Gasteiger partial charge in [-0.2, -0.15) is 0 Å². The molecule has 0 saturated heterocycles. The first-order chi connectivity index (χ1) is 8.58. The molecule has 18 heavy (non-hydrogen) atoms. The molecule has 0 unspecified atom stereocenters. The van der Waals surface area contributed by atoms with Crippen molar-refractivity contribution in [3.8, 4) is 5.75 Å². The lowest BCUT2D eigenvalue weighted by Gasteiger charge is -2.08. The Bertz CT molecular complexity index is 596. The maximum Gasteiger partial charge on any atom is 0.255 e. The maximum absolute atomic E-state index is 12.0. The summed E-state index contributed by atoms with van der Waals surface area (Å²) in [5, 5.41) is 12.3. The molecule has 0 aromatic heterocycles. The normalized spacial score (nSPS) is 10.1. The summed E-state index contributed by atoms with van der Waals surface area (Å²) in [7, 11) is 0. The molecule has 0 spiro atoms. The highest BCUT2D eigenvalue weighted by atomic mass is 79.9. The van der Waals surface area contributed by atoms with E-state index in [-0.39, 0.29) is 11.7 Å². The average molecular weight is 306 g/mol. The van der Waals surface area contributed by atoms with Gasteiger partial charge in [-0.05, 0) is 42.8 Å². The van der Waals surface area contributed by atoms with E-state index in [0.717, 1.165) is 10.0 Å². The summed E-state index contributed by atoms with van der Waals surface area (Å²) in [6.07, 6.45) is 0. The van der Waals surface area contributed by atoms with Crippen LogP contribution in [0.3, 0.4) is 0 Å². The third-order valence-electron chi connectivity index (χ3n) is 2.57. The molecule has 0 aliphatic heterocycles. The first kappa shape index (κ1) is 12.6. The standard InChI is InChI=1S/C14H12BrNO2/c1-9-8-10(6-7-11(9)15)14(18)16-12-4-2-3-5-13(12)17/h2-8,17H,1H3,(H,16,18). The minimum atomic E-state index is -0.243. The van der Waals surface area contributed by atoms with Crippen LogP contribution in [0.2, 0.25) is 0 Å². The third-order valence-corrected chi connectivity index (χ3v) is 3.46. The zero-order valence-electron chi connectivity index (χ0n) is 9.77. The molecule has 2 aromatic carbocycles. The van der Waals surface area contributed by atoms with E-state index in [4.69, 9.17) is 0 Å². The Balaban J connectivity index is 2.22. The predicted molar refractivity (Wildman–Crippen MR) is 74.9 cm³/mol. The van der Waals surface area contributed by atoms with Gasteiger partial charge in [-0.3, -0.25) is 4.79 Å². The third kappa shape index (κ3) is 2.71. The average Bonchev–Trinajstić information content (AvgIpc) is 2.35. The van der Waals surface area contributed by atoms with Crippen molar-refractivity contribution in [1.29, 1.82) is 0 Å². The van der Waals surface area contributed by atoms with Crippen LogP contribution in [0.4, 0.5) is 5.69 Å². The number of nitrogens with one attached hydrogen (secondary N) is 1. The smallest absolute Gasteiger partial charge is 0.255 e. The van der Waals surface area contributed by atoms with Crippen LogP contribution < -0.4 is 5.32 Å². The van der Waals surface area contributed by atoms with Crippen LogP contribution in [-0.2, 0) is 0 Å². The number of phenols is 1. The Hall–Kier alpha value is -1.81. The number of hydrogen-bond donors (Lipinski definition) is 2. The van der Waals surface area contributed by atoms with E-state index in [1.807, 2.05) is 13.0 Å². The summed E-state index contributed by atoms with van der Waals surface area (Å²) >= 11 is 3.39. The molecule has 0 aliphatic rings. The lowest BCUT2D eigenvalue weighted by molar-refractivity contribution is 0.102. The lowest BCUT2D eigenvalue weighted by atomic mass is 10.1. The SMILES string of the molecule is Cc1cc(C(=O)Nc2ccccc2O)ccc1Br. The minimum absolute atomic E-state index is 0.0553. The fraction of sp³-hybridized carbons (Fsp3) is 0.0714. The molecule has 0 radical (unpaired) electrons. The number of aryl methyl sites for hydroxylation is 1. The van der Waals surface area contributed by atoms with E-state index in [1.165, 1.54) is 6.07 Å². The van der Waals surface area contributed by atoms with Gasteiger partial charge in [0, 0.05) is 10.0 Å². The first-order valence-corrected chi connectivity index (χ1v) is 6.23. The molecule has 2 rings (SSSR count). The first-order valence-electron chi connectivity index (χ1n) is 5.43. The number of benzene rings is 2. The van der Waals surface area contributed by atoms with Crippen molar-refractivity contribution in [2.45, 2.75) is 6.92 Å². The number of para-hydroxylation sites is 2. The zero-order valence-corrected chi connectivity index (χ0v) is 11.4. The highest BCUT2D eigenvalue weighted by molar-refractivity contribution is 9.10. The molecule has 0 fully saturated rings. The maximum atomic E-state index is 12.0. The van der Waals surface area contributed by atoms with E-state index in [1.54, 1.807) is 30.3 Å². The molecular weight excluding hydrogens is 294 g/mol. The molecule has 0 aliphatic carbocycles. The zero-order chi connectivity index (χ0) is 13.1.